The summed E-state index contributed by atoms with van der Waals surface area (Å²) in [7, 11) is 2.16. The van der Waals surface area contributed by atoms with Gasteiger partial charge in [-0.15, -0.1) is 11.3 Å². The highest BCUT2D eigenvalue weighted by Crippen LogP contribution is 2.37. The first-order valence-corrected chi connectivity index (χ1v) is 8.32. The van der Waals surface area contributed by atoms with Crippen molar-refractivity contribution in [1.29, 1.82) is 0 Å². The van der Waals surface area contributed by atoms with Gasteiger partial charge < -0.3 is 10.6 Å². The lowest BCUT2D eigenvalue weighted by molar-refractivity contribution is 0.311. The van der Waals surface area contributed by atoms with Crippen molar-refractivity contribution in [2.45, 2.75) is 19.9 Å². The standard InChI is InChI=1S/C17H18N4S/c1-10-4-3-5-11-15(14-9-22-17(18)20-14)12-8-21(2)7-6-13(12)19-16(10)11/h3-5,9H,6-8H2,1-2H3,(H2,18,20). The molecule has 1 aliphatic rings. The number of para-hydroxylation sites is 1. The third-order valence-corrected chi connectivity index (χ3v) is 5.01. The Morgan fingerprint density at radius 1 is 1.27 bits per heavy atom. The molecule has 2 aromatic heterocycles. The van der Waals surface area contributed by atoms with E-state index in [1.54, 1.807) is 0 Å². The van der Waals surface area contributed by atoms with Gasteiger partial charge in [0.1, 0.15) is 0 Å². The summed E-state index contributed by atoms with van der Waals surface area (Å²) in [6.45, 7) is 4.09. The average molecular weight is 310 g/mol. The molecule has 0 fully saturated rings. The van der Waals surface area contributed by atoms with Gasteiger partial charge in [0.25, 0.3) is 0 Å². The summed E-state index contributed by atoms with van der Waals surface area (Å²) in [6.07, 6.45) is 0.989. The fourth-order valence-electron chi connectivity index (χ4n) is 3.24. The molecular formula is C17H18N4S. The maximum Gasteiger partial charge on any atom is 0.180 e. The zero-order valence-corrected chi connectivity index (χ0v) is 13.6. The fourth-order valence-corrected chi connectivity index (χ4v) is 3.79. The maximum absolute atomic E-state index is 5.87. The summed E-state index contributed by atoms with van der Waals surface area (Å²) < 4.78 is 0. The number of hydrogen-bond acceptors (Lipinski definition) is 5. The number of rotatable bonds is 1. The van der Waals surface area contributed by atoms with Crippen LogP contribution in [-0.4, -0.2) is 28.5 Å². The van der Waals surface area contributed by atoms with Crippen LogP contribution in [0, 0.1) is 6.92 Å². The molecule has 0 aliphatic carbocycles. The van der Waals surface area contributed by atoms with Crippen LogP contribution < -0.4 is 5.73 Å². The summed E-state index contributed by atoms with van der Waals surface area (Å²) in [5.74, 6) is 0. The molecule has 0 atom stereocenters. The molecule has 0 saturated heterocycles. The van der Waals surface area contributed by atoms with Crippen LogP contribution in [0.25, 0.3) is 22.2 Å². The lowest BCUT2D eigenvalue weighted by Crippen LogP contribution is -2.28. The van der Waals surface area contributed by atoms with Gasteiger partial charge in [0, 0.05) is 41.5 Å². The Morgan fingerprint density at radius 2 is 2.14 bits per heavy atom. The van der Waals surface area contributed by atoms with E-state index < -0.39 is 0 Å². The molecule has 1 aromatic carbocycles. The van der Waals surface area contributed by atoms with Gasteiger partial charge in [0.15, 0.2) is 5.13 Å². The molecule has 3 heterocycles. The van der Waals surface area contributed by atoms with E-state index in [-0.39, 0.29) is 0 Å². The average Bonchev–Trinajstić information content (AvgIpc) is 2.92. The van der Waals surface area contributed by atoms with Gasteiger partial charge in [-0.25, -0.2) is 4.98 Å². The van der Waals surface area contributed by atoms with E-state index in [0.717, 1.165) is 30.7 Å². The van der Waals surface area contributed by atoms with E-state index in [9.17, 15) is 0 Å². The molecule has 4 nitrogen and oxygen atoms in total. The predicted molar refractivity (Wildman–Crippen MR) is 92.0 cm³/mol. The molecule has 112 valence electrons. The number of likely N-dealkylation sites (N-methyl/N-ethyl adjacent to an activating group) is 1. The predicted octanol–water partition coefficient (Wildman–Crippen LogP) is 3.24. The Kier molecular flexibility index (Phi) is 3.13. The van der Waals surface area contributed by atoms with Crippen LogP contribution in [-0.2, 0) is 13.0 Å². The second kappa shape index (κ2) is 5.04. The monoisotopic (exact) mass is 310 g/mol. The van der Waals surface area contributed by atoms with Gasteiger partial charge in [0.05, 0.1) is 11.2 Å². The van der Waals surface area contributed by atoms with Gasteiger partial charge in [-0.3, -0.25) is 4.98 Å². The van der Waals surface area contributed by atoms with Gasteiger partial charge in [-0.2, -0.15) is 0 Å². The SMILES string of the molecule is Cc1cccc2c(-c3csc(N)n3)c3c(nc12)CCN(C)C3. The number of aromatic nitrogens is 2. The number of nitrogens with two attached hydrogens (primary N) is 1. The molecule has 0 radical (unpaired) electrons. The Labute approximate surface area is 133 Å². The number of aryl methyl sites for hydroxylation is 1. The first kappa shape index (κ1) is 13.7. The second-order valence-electron chi connectivity index (χ2n) is 5.94. The number of pyridine rings is 1. The summed E-state index contributed by atoms with van der Waals surface area (Å²) in [5.41, 5.74) is 12.9. The number of anilines is 1. The summed E-state index contributed by atoms with van der Waals surface area (Å²) in [4.78, 5) is 11.8. The number of hydrogen-bond donors (Lipinski definition) is 1. The van der Waals surface area contributed by atoms with Gasteiger partial charge in [-0.1, -0.05) is 18.2 Å². The van der Waals surface area contributed by atoms with Crippen molar-refractivity contribution in [1.82, 2.24) is 14.9 Å². The topological polar surface area (TPSA) is 55.0 Å². The summed E-state index contributed by atoms with van der Waals surface area (Å²) >= 11 is 1.50. The van der Waals surface area contributed by atoms with E-state index in [1.807, 2.05) is 0 Å². The highest BCUT2D eigenvalue weighted by atomic mass is 32.1. The van der Waals surface area contributed by atoms with Crippen molar-refractivity contribution in [3.63, 3.8) is 0 Å². The van der Waals surface area contributed by atoms with E-state index in [4.69, 9.17) is 10.7 Å². The third-order valence-electron chi connectivity index (χ3n) is 4.34. The minimum Gasteiger partial charge on any atom is -0.375 e. The minimum atomic E-state index is 0.616. The number of fused-ring (bicyclic) bond motifs is 2. The summed E-state index contributed by atoms with van der Waals surface area (Å²) in [6, 6.07) is 6.36. The fraction of sp³-hybridized carbons (Fsp3) is 0.294. The van der Waals surface area contributed by atoms with Gasteiger partial charge in [0.2, 0.25) is 0 Å². The molecule has 0 spiro atoms. The molecule has 4 rings (SSSR count). The number of nitrogen functional groups attached to an aromatic ring is 1. The lowest BCUT2D eigenvalue weighted by atomic mass is 9.93. The normalized spacial score (nSPS) is 15.2. The molecule has 0 saturated carbocycles. The zero-order chi connectivity index (χ0) is 15.3. The molecule has 0 amide bonds. The van der Waals surface area contributed by atoms with E-state index >= 15 is 0 Å². The number of thiazole rings is 1. The second-order valence-corrected chi connectivity index (χ2v) is 6.83. The summed E-state index contributed by atoms with van der Waals surface area (Å²) in [5, 5.41) is 3.85. The Hall–Kier alpha value is -1.98. The van der Waals surface area contributed by atoms with E-state index in [2.05, 4.69) is 47.4 Å². The van der Waals surface area contributed by atoms with Crippen LogP contribution in [0.1, 0.15) is 16.8 Å². The van der Waals surface area contributed by atoms with Crippen LogP contribution in [0.15, 0.2) is 23.6 Å². The first-order chi connectivity index (χ1) is 10.6. The third kappa shape index (κ3) is 2.09. The highest BCUT2D eigenvalue weighted by molar-refractivity contribution is 7.13. The molecular weight excluding hydrogens is 292 g/mol. The molecule has 1 aliphatic heterocycles. The van der Waals surface area contributed by atoms with E-state index in [0.29, 0.717) is 5.13 Å². The maximum atomic E-state index is 5.87. The van der Waals surface area contributed by atoms with Crippen LogP contribution in [0.2, 0.25) is 0 Å². The van der Waals surface area contributed by atoms with Crippen molar-refractivity contribution < 1.29 is 0 Å². The largest absolute Gasteiger partial charge is 0.375 e. The van der Waals surface area contributed by atoms with Crippen LogP contribution in [0.3, 0.4) is 0 Å². The van der Waals surface area contributed by atoms with Crippen molar-refractivity contribution >= 4 is 27.4 Å². The smallest absolute Gasteiger partial charge is 0.180 e. The van der Waals surface area contributed by atoms with Crippen LogP contribution in [0.4, 0.5) is 5.13 Å². The quantitative estimate of drug-likeness (QED) is 0.749. The number of benzene rings is 1. The molecule has 22 heavy (non-hydrogen) atoms. The molecule has 0 bridgehead atoms. The van der Waals surface area contributed by atoms with E-state index in [1.165, 1.54) is 39.1 Å². The van der Waals surface area contributed by atoms with Gasteiger partial charge in [-0.05, 0) is 25.1 Å². The minimum absolute atomic E-state index is 0.616. The molecule has 0 unspecified atom stereocenters. The van der Waals surface area contributed by atoms with Gasteiger partial charge >= 0.3 is 0 Å². The van der Waals surface area contributed by atoms with Crippen molar-refractivity contribution in [3.05, 3.63) is 40.4 Å². The molecule has 5 heteroatoms. The van der Waals surface area contributed by atoms with Crippen LogP contribution >= 0.6 is 11.3 Å². The zero-order valence-electron chi connectivity index (χ0n) is 12.8. The molecule has 2 N–H and O–H groups in total. The lowest BCUT2D eigenvalue weighted by Gasteiger charge is -2.27. The Morgan fingerprint density at radius 3 is 2.91 bits per heavy atom. The Bertz CT molecular complexity index is 868. The first-order valence-electron chi connectivity index (χ1n) is 7.44. The molecule has 3 aromatic rings. The number of nitrogens with zero attached hydrogens (tertiary/aromatic N) is 3. The highest BCUT2D eigenvalue weighted by Gasteiger charge is 2.23. The van der Waals surface area contributed by atoms with Crippen LogP contribution in [0.5, 0.6) is 0 Å². The Balaban J connectivity index is 2.10. The van der Waals surface area contributed by atoms with Crippen molar-refractivity contribution in [3.8, 4) is 11.3 Å². The van der Waals surface area contributed by atoms with Crippen molar-refractivity contribution in [2.75, 3.05) is 19.3 Å². The van der Waals surface area contributed by atoms with Crippen molar-refractivity contribution in [2.24, 2.45) is 0 Å².